The highest BCUT2D eigenvalue weighted by Crippen LogP contribution is 2.23. The molecule has 1 atom stereocenters. The molecule has 2 amide bonds. The number of benzene rings is 2. The first kappa shape index (κ1) is 22.8. The van der Waals surface area contributed by atoms with Crippen LogP contribution in [0.15, 0.2) is 58.7 Å². The van der Waals surface area contributed by atoms with Gasteiger partial charge in [-0.3, -0.25) is 9.59 Å². The summed E-state index contributed by atoms with van der Waals surface area (Å²) in [6.07, 6.45) is 0.986. The molecule has 1 heterocycles. The number of anilines is 1. The zero-order valence-corrected chi connectivity index (χ0v) is 18.8. The van der Waals surface area contributed by atoms with Gasteiger partial charge in [-0.25, -0.2) is 0 Å². The third kappa shape index (κ3) is 6.83. The normalized spacial score (nSPS) is 17.9. The largest absolute Gasteiger partial charge is 0.494 e. The fraction of sp³-hybridized carbons (Fsp3) is 0.273. The Morgan fingerprint density at radius 3 is 2.61 bits per heavy atom. The topological polar surface area (TPSA) is 92.1 Å². The number of hydrogen-bond acceptors (Lipinski definition) is 6. The second-order valence-corrected chi connectivity index (χ2v) is 8.45. The minimum absolute atomic E-state index is 0.0626. The third-order valence-electron chi connectivity index (χ3n) is 4.31. The SMILES string of the molecule is CCCOc1ccc(NC(=O)C2CC(=O)N/C(=N/N=C(/C)c3ccc(Cl)cc3)S2)cc1. The predicted molar refractivity (Wildman–Crippen MR) is 126 cm³/mol. The molecule has 2 aromatic rings. The van der Waals surface area contributed by atoms with Gasteiger partial charge in [0.1, 0.15) is 11.0 Å². The second-order valence-electron chi connectivity index (χ2n) is 6.82. The van der Waals surface area contributed by atoms with Gasteiger partial charge in [0.25, 0.3) is 0 Å². The molecule has 9 heteroatoms. The Morgan fingerprint density at radius 1 is 1.23 bits per heavy atom. The van der Waals surface area contributed by atoms with E-state index in [1.54, 1.807) is 43.3 Å². The van der Waals surface area contributed by atoms with E-state index in [9.17, 15) is 9.59 Å². The van der Waals surface area contributed by atoms with Crippen LogP contribution < -0.4 is 15.4 Å². The summed E-state index contributed by atoms with van der Waals surface area (Å²) in [7, 11) is 0. The van der Waals surface area contributed by atoms with Crippen molar-refractivity contribution in [2.24, 2.45) is 10.2 Å². The summed E-state index contributed by atoms with van der Waals surface area (Å²) in [5.41, 5.74) is 2.16. The van der Waals surface area contributed by atoms with Crippen LogP contribution in [-0.4, -0.2) is 34.6 Å². The van der Waals surface area contributed by atoms with E-state index in [4.69, 9.17) is 16.3 Å². The molecule has 1 saturated heterocycles. The molecule has 162 valence electrons. The van der Waals surface area contributed by atoms with Crippen LogP contribution in [0.2, 0.25) is 5.02 Å². The van der Waals surface area contributed by atoms with Crippen molar-refractivity contribution >= 4 is 51.7 Å². The molecule has 0 aromatic heterocycles. The Bertz CT molecular complexity index is 991. The number of thioether (sulfide) groups is 1. The molecular formula is C22H23ClN4O3S. The van der Waals surface area contributed by atoms with Crippen molar-refractivity contribution in [1.82, 2.24) is 5.32 Å². The average molecular weight is 459 g/mol. The molecule has 0 radical (unpaired) electrons. The lowest BCUT2D eigenvalue weighted by Gasteiger charge is -2.21. The highest BCUT2D eigenvalue weighted by molar-refractivity contribution is 8.15. The van der Waals surface area contributed by atoms with Crippen molar-refractivity contribution in [3.8, 4) is 5.75 Å². The zero-order valence-electron chi connectivity index (χ0n) is 17.2. The molecule has 1 aliphatic heterocycles. The second kappa shape index (κ2) is 11.0. The Kier molecular flexibility index (Phi) is 8.08. The molecule has 31 heavy (non-hydrogen) atoms. The zero-order chi connectivity index (χ0) is 22.2. The van der Waals surface area contributed by atoms with E-state index < -0.39 is 5.25 Å². The maximum absolute atomic E-state index is 12.7. The van der Waals surface area contributed by atoms with Crippen molar-refractivity contribution in [2.75, 3.05) is 11.9 Å². The molecule has 0 bridgehead atoms. The van der Waals surface area contributed by atoms with Gasteiger partial charge >= 0.3 is 0 Å². The number of amidine groups is 1. The Balaban J connectivity index is 1.63. The summed E-state index contributed by atoms with van der Waals surface area (Å²) >= 11 is 7.07. The fourth-order valence-corrected chi connectivity index (χ4v) is 3.74. The van der Waals surface area contributed by atoms with Gasteiger partial charge in [-0.2, -0.15) is 5.10 Å². The molecule has 1 aliphatic rings. The smallest absolute Gasteiger partial charge is 0.238 e. The minimum atomic E-state index is -0.602. The highest BCUT2D eigenvalue weighted by atomic mass is 35.5. The first-order chi connectivity index (χ1) is 14.9. The summed E-state index contributed by atoms with van der Waals surface area (Å²) in [5.74, 6) is 0.197. The standard InChI is InChI=1S/C22H23ClN4O3S/c1-3-12-30-18-10-8-17(9-11-18)24-21(29)19-13-20(28)25-22(31-19)27-26-14(2)15-4-6-16(23)7-5-15/h4-11,19H,3,12-13H2,1-2H3,(H,24,29)(H,25,27,28)/b26-14-. The quantitative estimate of drug-likeness (QED) is 0.473. The number of nitrogens with one attached hydrogen (secondary N) is 2. The van der Waals surface area contributed by atoms with Gasteiger partial charge in [-0.05, 0) is 55.3 Å². The van der Waals surface area contributed by atoms with Gasteiger partial charge in [0.05, 0.1) is 12.3 Å². The summed E-state index contributed by atoms with van der Waals surface area (Å²) in [5, 5.41) is 14.1. The van der Waals surface area contributed by atoms with Gasteiger partial charge in [-0.1, -0.05) is 42.4 Å². The first-order valence-corrected chi connectivity index (χ1v) is 11.1. The van der Waals surface area contributed by atoms with E-state index in [-0.39, 0.29) is 23.4 Å². The van der Waals surface area contributed by atoms with E-state index in [0.717, 1.165) is 17.7 Å². The Hall–Kier alpha value is -2.84. The number of carbonyl (C=O) groups is 2. The number of nitrogens with zero attached hydrogens (tertiary/aromatic N) is 2. The highest BCUT2D eigenvalue weighted by Gasteiger charge is 2.30. The maximum atomic E-state index is 12.7. The van der Waals surface area contributed by atoms with Crippen molar-refractivity contribution in [3.05, 3.63) is 59.1 Å². The van der Waals surface area contributed by atoms with Crippen molar-refractivity contribution in [1.29, 1.82) is 0 Å². The molecule has 2 N–H and O–H groups in total. The molecule has 0 saturated carbocycles. The van der Waals surface area contributed by atoms with Gasteiger partial charge in [-0.15, -0.1) is 5.10 Å². The summed E-state index contributed by atoms with van der Waals surface area (Å²) in [6.45, 7) is 4.48. The van der Waals surface area contributed by atoms with Crippen molar-refractivity contribution in [2.45, 2.75) is 31.9 Å². The summed E-state index contributed by atoms with van der Waals surface area (Å²) in [4.78, 5) is 24.7. The molecule has 0 aliphatic carbocycles. The van der Waals surface area contributed by atoms with Crippen LogP contribution in [0, 0.1) is 0 Å². The summed E-state index contributed by atoms with van der Waals surface area (Å²) in [6, 6.07) is 14.3. The molecule has 2 aromatic carbocycles. The maximum Gasteiger partial charge on any atom is 0.238 e. The number of halogens is 1. The number of ether oxygens (including phenoxy) is 1. The Morgan fingerprint density at radius 2 is 1.94 bits per heavy atom. The molecule has 3 rings (SSSR count). The number of hydrogen-bond donors (Lipinski definition) is 2. The number of carbonyl (C=O) groups excluding carboxylic acids is 2. The van der Waals surface area contributed by atoms with Crippen LogP contribution in [0.5, 0.6) is 5.75 Å². The average Bonchev–Trinajstić information content (AvgIpc) is 2.77. The molecular weight excluding hydrogens is 436 g/mol. The van der Waals surface area contributed by atoms with Crippen LogP contribution in [0.4, 0.5) is 5.69 Å². The monoisotopic (exact) mass is 458 g/mol. The number of rotatable bonds is 7. The van der Waals surface area contributed by atoms with Crippen LogP contribution in [0.3, 0.4) is 0 Å². The van der Waals surface area contributed by atoms with Gasteiger partial charge in [0, 0.05) is 17.1 Å². The minimum Gasteiger partial charge on any atom is -0.494 e. The number of amides is 2. The van der Waals surface area contributed by atoms with E-state index in [1.165, 1.54) is 11.8 Å². The predicted octanol–water partition coefficient (Wildman–Crippen LogP) is 4.47. The van der Waals surface area contributed by atoms with E-state index in [2.05, 4.69) is 20.8 Å². The first-order valence-electron chi connectivity index (χ1n) is 9.83. The molecule has 7 nitrogen and oxygen atoms in total. The lowest BCUT2D eigenvalue weighted by atomic mass is 10.1. The van der Waals surface area contributed by atoms with E-state index in [0.29, 0.717) is 23.0 Å². The molecule has 1 fully saturated rings. The third-order valence-corrected chi connectivity index (χ3v) is 5.64. The van der Waals surface area contributed by atoms with E-state index in [1.807, 2.05) is 19.1 Å². The van der Waals surface area contributed by atoms with Crippen molar-refractivity contribution < 1.29 is 14.3 Å². The lowest BCUT2D eigenvalue weighted by Crippen LogP contribution is -2.41. The lowest BCUT2D eigenvalue weighted by molar-refractivity contribution is -0.123. The van der Waals surface area contributed by atoms with Crippen molar-refractivity contribution in [3.63, 3.8) is 0 Å². The fourth-order valence-electron chi connectivity index (χ4n) is 2.69. The van der Waals surface area contributed by atoms with E-state index >= 15 is 0 Å². The van der Waals surface area contributed by atoms with Gasteiger partial charge in [0.15, 0.2) is 5.17 Å². The Labute approximate surface area is 190 Å². The van der Waals surface area contributed by atoms with Crippen LogP contribution in [-0.2, 0) is 9.59 Å². The molecule has 0 spiro atoms. The summed E-state index contributed by atoms with van der Waals surface area (Å²) < 4.78 is 5.54. The van der Waals surface area contributed by atoms with Gasteiger partial charge in [0.2, 0.25) is 11.8 Å². The molecule has 1 unspecified atom stereocenters. The van der Waals surface area contributed by atoms with Gasteiger partial charge < -0.3 is 15.4 Å². The van der Waals surface area contributed by atoms with Crippen LogP contribution in [0.1, 0.15) is 32.3 Å². The van der Waals surface area contributed by atoms with Crippen LogP contribution in [0.25, 0.3) is 0 Å². The van der Waals surface area contributed by atoms with Crippen LogP contribution >= 0.6 is 23.4 Å².